The van der Waals surface area contributed by atoms with Gasteiger partial charge < -0.3 is 18.9 Å². The van der Waals surface area contributed by atoms with Crippen LogP contribution in [0.15, 0.2) is 83.8 Å². The van der Waals surface area contributed by atoms with Crippen LogP contribution in [0, 0.1) is 0 Å². The first-order chi connectivity index (χ1) is 17.5. The van der Waals surface area contributed by atoms with E-state index in [1.165, 1.54) is 4.31 Å². The van der Waals surface area contributed by atoms with E-state index in [2.05, 4.69) is 0 Å². The maximum Gasteiger partial charge on any atom is 0.244 e. The Morgan fingerprint density at radius 2 is 1.56 bits per heavy atom. The second kappa shape index (κ2) is 10.1. The van der Waals surface area contributed by atoms with Gasteiger partial charge >= 0.3 is 0 Å². The summed E-state index contributed by atoms with van der Waals surface area (Å²) in [4.78, 5) is 0.286. The molecule has 4 aromatic rings. The predicted molar refractivity (Wildman–Crippen MR) is 137 cm³/mol. The number of rotatable bonds is 9. The molecule has 0 saturated carbocycles. The summed E-state index contributed by atoms with van der Waals surface area (Å²) in [6.07, 6.45) is 0.495. The van der Waals surface area contributed by atoms with Crippen molar-refractivity contribution in [3.63, 3.8) is 0 Å². The minimum atomic E-state index is -3.83. The van der Waals surface area contributed by atoms with Gasteiger partial charge in [-0.05, 0) is 53.3 Å². The lowest BCUT2D eigenvalue weighted by molar-refractivity contribution is 0.174. The van der Waals surface area contributed by atoms with Gasteiger partial charge in [0.05, 0.1) is 19.1 Å². The van der Waals surface area contributed by atoms with Crippen molar-refractivity contribution in [1.82, 2.24) is 4.31 Å². The number of hydrogen-bond acceptors (Lipinski definition) is 6. The van der Waals surface area contributed by atoms with Crippen LogP contribution in [-0.4, -0.2) is 40.3 Å². The minimum absolute atomic E-state index is 0.163. The maximum atomic E-state index is 14.1. The number of hydrogen-bond donors (Lipinski definition) is 0. The number of fused-ring (bicyclic) bond motifs is 2. The predicted octanol–water partition coefficient (Wildman–Crippen LogP) is 5.02. The molecule has 0 amide bonds. The Kier molecular flexibility index (Phi) is 6.71. The van der Waals surface area contributed by atoms with Crippen LogP contribution in [0.1, 0.15) is 11.1 Å². The van der Waals surface area contributed by atoms with E-state index in [9.17, 15) is 8.42 Å². The van der Waals surface area contributed by atoms with Gasteiger partial charge in [-0.15, -0.1) is 0 Å². The molecule has 0 spiro atoms. The quantitative estimate of drug-likeness (QED) is 0.318. The number of benzene rings is 4. The minimum Gasteiger partial charge on any atom is -0.493 e. The fraction of sp³-hybridized carbons (Fsp3) is 0.214. The van der Waals surface area contributed by atoms with E-state index < -0.39 is 10.0 Å². The van der Waals surface area contributed by atoms with Gasteiger partial charge in [-0.25, -0.2) is 8.42 Å². The van der Waals surface area contributed by atoms with Crippen LogP contribution in [0.25, 0.3) is 10.8 Å². The molecule has 36 heavy (non-hydrogen) atoms. The first-order valence-corrected chi connectivity index (χ1v) is 13.0. The summed E-state index contributed by atoms with van der Waals surface area (Å²) in [5, 5.41) is 1.57. The lowest BCUT2D eigenvalue weighted by Gasteiger charge is -2.24. The van der Waals surface area contributed by atoms with Gasteiger partial charge in [-0.1, -0.05) is 48.5 Å². The van der Waals surface area contributed by atoms with Gasteiger partial charge in [0.15, 0.2) is 23.0 Å². The third-order valence-electron chi connectivity index (χ3n) is 6.26. The normalized spacial score (nSPS) is 12.8. The molecule has 1 aliphatic heterocycles. The molecule has 0 aliphatic carbocycles. The van der Waals surface area contributed by atoms with Crippen molar-refractivity contribution >= 4 is 20.8 Å². The molecule has 8 heteroatoms. The molecule has 0 bridgehead atoms. The molecular weight excluding hydrogens is 478 g/mol. The average Bonchev–Trinajstić information content (AvgIpc) is 3.38. The van der Waals surface area contributed by atoms with Crippen molar-refractivity contribution in [2.45, 2.75) is 17.9 Å². The highest BCUT2D eigenvalue weighted by Gasteiger charge is 2.27. The van der Waals surface area contributed by atoms with Crippen LogP contribution in [0.2, 0.25) is 0 Å². The van der Waals surface area contributed by atoms with Gasteiger partial charge in [-0.3, -0.25) is 0 Å². The Morgan fingerprint density at radius 3 is 2.39 bits per heavy atom. The Labute approximate surface area is 210 Å². The van der Waals surface area contributed by atoms with Crippen LogP contribution in [0.3, 0.4) is 0 Å². The van der Waals surface area contributed by atoms with E-state index in [0.29, 0.717) is 34.8 Å². The van der Waals surface area contributed by atoms with Gasteiger partial charge in [-0.2, -0.15) is 4.31 Å². The Bertz CT molecular complexity index is 1500. The molecule has 1 heterocycles. The first-order valence-electron chi connectivity index (χ1n) is 11.6. The van der Waals surface area contributed by atoms with Gasteiger partial charge in [0.25, 0.3) is 0 Å². The van der Waals surface area contributed by atoms with Crippen LogP contribution in [-0.2, 0) is 23.0 Å². The molecule has 4 aromatic carbocycles. The number of methoxy groups -OCH3 is 2. The second-order valence-electron chi connectivity index (χ2n) is 8.44. The lowest BCUT2D eigenvalue weighted by atomic mass is 10.1. The van der Waals surface area contributed by atoms with E-state index >= 15 is 0 Å². The monoisotopic (exact) mass is 505 g/mol. The lowest BCUT2D eigenvalue weighted by Crippen LogP contribution is -2.32. The number of nitrogens with zero attached hydrogens (tertiary/aromatic N) is 1. The molecule has 186 valence electrons. The molecule has 0 aromatic heterocycles. The van der Waals surface area contributed by atoms with Crippen LogP contribution in [0.4, 0.5) is 0 Å². The third kappa shape index (κ3) is 4.69. The highest BCUT2D eigenvalue weighted by Crippen LogP contribution is 2.34. The average molecular weight is 506 g/mol. The molecule has 0 radical (unpaired) electrons. The Balaban J connectivity index is 1.50. The molecule has 1 aliphatic rings. The van der Waals surface area contributed by atoms with Crippen molar-refractivity contribution in [1.29, 1.82) is 0 Å². The van der Waals surface area contributed by atoms with Gasteiger partial charge in [0.2, 0.25) is 16.8 Å². The summed E-state index contributed by atoms with van der Waals surface area (Å²) in [7, 11) is -0.667. The molecule has 7 nitrogen and oxygen atoms in total. The SMILES string of the molecule is COc1ccc(CCN(Cc2ccc3c(c2)OCO3)S(=O)(=O)c2cccc3ccccc23)cc1OC. The molecule has 0 fully saturated rings. The Morgan fingerprint density at radius 1 is 0.806 bits per heavy atom. The number of sulfonamides is 1. The third-order valence-corrected chi connectivity index (χ3v) is 8.16. The molecule has 5 rings (SSSR count). The zero-order chi connectivity index (χ0) is 25.1. The summed E-state index contributed by atoms with van der Waals surface area (Å²) in [5.74, 6) is 2.51. The summed E-state index contributed by atoms with van der Waals surface area (Å²) in [5.41, 5.74) is 1.76. The van der Waals surface area contributed by atoms with Crippen LogP contribution < -0.4 is 18.9 Å². The number of ether oxygens (including phenoxy) is 4. The van der Waals surface area contributed by atoms with E-state index in [1.54, 1.807) is 26.4 Å². The standard InChI is InChI=1S/C28H27NO6S/c1-32-24-12-10-20(16-26(24)33-2)14-15-29(18-21-11-13-25-27(17-21)35-19-34-25)36(30,31)28-9-5-7-22-6-3-4-8-23(22)28/h3-13,16-17H,14-15,18-19H2,1-2H3. The summed E-state index contributed by atoms with van der Waals surface area (Å²) in [6.45, 7) is 0.626. The fourth-order valence-electron chi connectivity index (χ4n) is 4.38. The molecule has 0 N–H and O–H groups in total. The topological polar surface area (TPSA) is 74.3 Å². The highest BCUT2D eigenvalue weighted by molar-refractivity contribution is 7.89. The summed E-state index contributed by atoms with van der Waals surface area (Å²) < 4.78 is 51.3. The van der Waals surface area contributed by atoms with Crippen LogP contribution >= 0.6 is 0 Å². The fourth-order valence-corrected chi connectivity index (χ4v) is 6.02. The van der Waals surface area contributed by atoms with E-state index in [0.717, 1.165) is 16.5 Å². The van der Waals surface area contributed by atoms with Gasteiger partial charge in [0, 0.05) is 18.5 Å². The Hall–Kier alpha value is -3.75. The maximum absolute atomic E-state index is 14.1. The van der Waals surface area contributed by atoms with Crippen LogP contribution in [0.5, 0.6) is 23.0 Å². The van der Waals surface area contributed by atoms with E-state index in [1.807, 2.05) is 66.7 Å². The first kappa shape index (κ1) is 24.0. The van der Waals surface area contributed by atoms with Crippen molar-refractivity contribution < 1.29 is 27.4 Å². The van der Waals surface area contributed by atoms with Crippen molar-refractivity contribution in [3.8, 4) is 23.0 Å². The summed E-state index contributed by atoms with van der Waals surface area (Å²) in [6, 6.07) is 24.0. The highest BCUT2D eigenvalue weighted by atomic mass is 32.2. The molecular formula is C28H27NO6S. The van der Waals surface area contributed by atoms with E-state index in [-0.39, 0.29) is 24.8 Å². The smallest absolute Gasteiger partial charge is 0.244 e. The zero-order valence-corrected chi connectivity index (χ0v) is 21.0. The van der Waals surface area contributed by atoms with Crippen molar-refractivity contribution in [2.75, 3.05) is 27.6 Å². The van der Waals surface area contributed by atoms with Gasteiger partial charge in [0.1, 0.15) is 0 Å². The molecule has 0 saturated heterocycles. The zero-order valence-electron chi connectivity index (χ0n) is 20.1. The summed E-state index contributed by atoms with van der Waals surface area (Å²) >= 11 is 0. The van der Waals surface area contributed by atoms with E-state index in [4.69, 9.17) is 18.9 Å². The molecule has 0 atom stereocenters. The largest absolute Gasteiger partial charge is 0.493 e. The van der Waals surface area contributed by atoms with Crippen molar-refractivity contribution in [3.05, 3.63) is 90.0 Å². The van der Waals surface area contributed by atoms with Crippen molar-refractivity contribution in [2.24, 2.45) is 0 Å². The molecule has 0 unspecified atom stereocenters. The second-order valence-corrected chi connectivity index (χ2v) is 10.3.